The third-order valence-electron chi connectivity index (χ3n) is 0.805. The van der Waals surface area contributed by atoms with E-state index in [0.717, 1.165) is 0 Å². The van der Waals surface area contributed by atoms with Crippen molar-refractivity contribution >= 4 is 36.4 Å². The molecule has 2 atom stereocenters. The fraction of sp³-hybridized carbons (Fsp3) is 0.500. The minimum atomic E-state index is -2.27. The van der Waals surface area contributed by atoms with Crippen LogP contribution in [0.2, 0.25) is 0 Å². The van der Waals surface area contributed by atoms with Crippen LogP contribution < -0.4 is 51.4 Å². The predicted molar refractivity (Wildman–Crippen MR) is 49.2 cm³/mol. The number of aliphatic carboxylic acids is 2. The maximum atomic E-state index is 9.77. The van der Waals surface area contributed by atoms with Gasteiger partial charge in [-0.05, 0) is 0 Å². The van der Waals surface area contributed by atoms with Crippen LogP contribution in [0.25, 0.3) is 0 Å². The van der Waals surface area contributed by atoms with Gasteiger partial charge in [0.2, 0.25) is 0 Å². The van der Waals surface area contributed by atoms with E-state index in [4.69, 9.17) is 20.4 Å². The summed E-state index contributed by atoms with van der Waals surface area (Å²) in [5.41, 5.74) is 0. The molecule has 0 spiro atoms. The summed E-state index contributed by atoms with van der Waals surface area (Å²) in [5.74, 6) is -3.54. The molecule has 0 aliphatic rings. The third-order valence-corrected chi connectivity index (χ3v) is 0.805. The summed E-state index contributed by atoms with van der Waals surface area (Å²) in [6.45, 7) is 0. The van der Waals surface area contributed by atoms with Gasteiger partial charge in [-0.25, -0.2) is 9.59 Å². The number of carboxylic acids is 2. The van der Waals surface area contributed by atoms with E-state index >= 15 is 0 Å². The molecule has 0 aliphatic carbocycles. The molecular formula is C4H16KO9Sb. The number of carboxylic acid groups (broad SMARTS) is 2. The topological polar surface area (TPSA) is 210 Å². The molecule has 0 bridgehead atoms. The number of hydrogen-bond acceptors (Lipinski definition) is 4. The van der Waals surface area contributed by atoms with Crippen LogP contribution in [0, 0.1) is 0 Å². The molecule has 0 saturated heterocycles. The summed E-state index contributed by atoms with van der Waals surface area (Å²) in [7, 11) is 0. The second kappa shape index (κ2) is 17.6. The van der Waals surface area contributed by atoms with Gasteiger partial charge in [0, 0.05) is 0 Å². The van der Waals surface area contributed by atoms with E-state index in [-0.39, 0.29) is 93.7 Å². The summed E-state index contributed by atoms with van der Waals surface area (Å²) in [5, 5.41) is 32.5. The van der Waals surface area contributed by atoms with E-state index in [2.05, 4.69) is 0 Å². The van der Waals surface area contributed by atoms with Crippen LogP contribution in [-0.2, 0) is 9.59 Å². The van der Waals surface area contributed by atoms with Crippen LogP contribution in [0.15, 0.2) is 0 Å². The van der Waals surface area contributed by atoms with E-state index in [1.807, 2.05) is 0 Å². The van der Waals surface area contributed by atoms with Crippen molar-refractivity contribution in [2.45, 2.75) is 12.2 Å². The van der Waals surface area contributed by atoms with E-state index in [9.17, 15) is 9.59 Å². The van der Waals surface area contributed by atoms with Crippen molar-refractivity contribution in [2.75, 3.05) is 0 Å². The Morgan fingerprint density at radius 2 is 1.00 bits per heavy atom. The Hall–Kier alpha value is 1.19. The Kier molecular flexibility index (Phi) is 42.2. The number of carbonyl (C=O) groups is 2. The first kappa shape index (κ1) is 36.0. The van der Waals surface area contributed by atoms with Gasteiger partial charge >= 0.3 is 87.8 Å². The molecule has 0 aliphatic heterocycles. The molecule has 2 unspecified atom stereocenters. The molecule has 0 aromatic rings. The summed E-state index contributed by atoms with van der Waals surface area (Å²) < 4.78 is 0. The first-order valence-corrected chi connectivity index (χ1v) is 2.28. The van der Waals surface area contributed by atoms with E-state index in [1.54, 1.807) is 0 Å². The Labute approximate surface area is 146 Å². The zero-order chi connectivity index (χ0) is 8.31. The van der Waals surface area contributed by atoms with Crippen LogP contribution in [0.1, 0.15) is 1.43 Å². The number of aliphatic hydroxyl groups excluding tert-OH is 2. The van der Waals surface area contributed by atoms with Crippen LogP contribution >= 0.6 is 0 Å². The van der Waals surface area contributed by atoms with Gasteiger partial charge in [-0.15, -0.1) is 0 Å². The van der Waals surface area contributed by atoms with Crippen molar-refractivity contribution in [1.82, 2.24) is 0 Å². The van der Waals surface area contributed by atoms with E-state index in [0.29, 0.717) is 0 Å². The monoisotopic (exact) mass is 368 g/mol. The van der Waals surface area contributed by atoms with Gasteiger partial charge in [0.05, 0.1) is 0 Å². The molecule has 0 heterocycles. The quantitative estimate of drug-likeness (QED) is 0.355. The average molecular weight is 369 g/mol. The zero-order valence-electron chi connectivity index (χ0n) is 8.97. The summed E-state index contributed by atoms with van der Waals surface area (Å²) in [6, 6.07) is 0. The molecule has 0 saturated carbocycles. The molecule has 0 aromatic heterocycles. The first-order chi connectivity index (χ1) is 4.46. The Morgan fingerprint density at radius 1 is 0.867 bits per heavy atom. The van der Waals surface area contributed by atoms with Gasteiger partial charge in [0.15, 0.2) is 12.2 Å². The van der Waals surface area contributed by atoms with Crippen molar-refractivity contribution in [3.63, 3.8) is 0 Å². The third kappa shape index (κ3) is 15.2. The molecule has 0 aromatic carbocycles. The summed E-state index contributed by atoms with van der Waals surface area (Å²) in [4.78, 5) is 19.5. The zero-order valence-corrected chi connectivity index (χ0v) is 15.1. The number of aliphatic hydroxyl groups is 2. The molecule has 15 heavy (non-hydrogen) atoms. The molecule has 0 rings (SSSR count). The normalized spacial score (nSPS) is 10.5. The van der Waals surface area contributed by atoms with E-state index < -0.39 is 24.1 Å². The minimum absolute atomic E-state index is 0. The number of hydrogen-bond donors (Lipinski definition) is 4. The van der Waals surface area contributed by atoms with Gasteiger partial charge < -0.3 is 38.3 Å². The van der Waals surface area contributed by atoms with Crippen LogP contribution in [0.4, 0.5) is 0 Å². The van der Waals surface area contributed by atoms with Crippen molar-refractivity contribution in [3.8, 4) is 0 Å². The van der Waals surface area contributed by atoms with Crippen LogP contribution in [0.5, 0.6) is 0 Å². The standard InChI is InChI=1S/C4H6O6.K.3H2O.Sb.4H/c5-1(3(7)8)2(6)4(9)10;;;;;;;;;/h1-2,5-6H,(H,7,8)(H,9,10);;3*1H2;;;;;/q;+1;;;;;;;;-1. The number of rotatable bonds is 3. The second-order valence-corrected chi connectivity index (χ2v) is 1.57. The SMILES string of the molecule is O.O.O.O=C(O)C(O)C(O)C(=O)O.[H-].[K+].[SbH3]. The maximum absolute atomic E-state index is 9.77. The fourth-order valence-corrected chi connectivity index (χ4v) is 0.270. The predicted octanol–water partition coefficient (Wildman–Crippen LogP) is -8.66. The van der Waals surface area contributed by atoms with Gasteiger partial charge in [0.1, 0.15) is 0 Å². The van der Waals surface area contributed by atoms with Gasteiger partial charge in [-0.1, -0.05) is 0 Å². The van der Waals surface area contributed by atoms with Crippen LogP contribution in [0.3, 0.4) is 0 Å². The Bertz CT molecular complexity index is 152. The Morgan fingerprint density at radius 3 is 1.07 bits per heavy atom. The molecule has 10 N–H and O–H groups in total. The van der Waals surface area contributed by atoms with Crippen molar-refractivity contribution in [3.05, 3.63) is 0 Å². The summed E-state index contributed by atoms with van der Waals surface area (Å²) in [6.07, 6.45) is -4.53. The molecule has 0 fully saturated rings. The van der Waals surface area contributed by atoms with Gasteiger partial charge in [0.25, 0.3) is 0 Å². The second-order valence-electron chi connectivity index (χ2n) is 1.57. The first-order valence-electron chi connectivity index (χ1n) is 2.28. The van der Waals surface area contributed by atoms with Gasteiger partial charge in [-0.3, -0.25) is 0 Å². The molecule has 9 nitrogen and oxygen atoms in total. The molecule has 11 heteroatoms. The van der Waals surface area contributed by atoms with Gasteiger partial charge in [-0.2, -0.15) is 0 Å². The molecule has 92 valence electrons. The molecule has 0 radical (unpaired) electrons. The van der Waals surface area contributed by atoms with Crippen molar-refractivity contribution in [1.29, 1.82) is 0 Å². The fourth-order valence-electron chi connectivity index (χ4n) is 0.270. The average Bonchev–Trinajstić information content (AvgIpc) is 1.84. The molecule has 0 amide bonds. The van der Waals surface area contributed by atoms with Crippen LogP contribution in [-0.4, -0.2) is 85.4 Å². The summed E-state index contributed by atoms with van der Waals surface area (Å²) >= 11 is 0. The van der Waals surface area contributed by atoms with Crippen molar-refractivity contribution < 1.29 is 99.3 Å². The van der Waals surface area contributed by atoms with Crippen molar-refractivity contribution in [2.24, 2.45) is 0 Å². The molecular weight excluding hydrogens is 353 g/mol. The Balaban J connectivity index is -0.0000000270. The van der Waals surface area contributed by atoms with E-state index in [1.165, 1.54) is 0 Å².